The predicted octanol–water partition coefficient (Wildman–Crippen LogP) is 3.50. The highest BCUT2D eigenvalue weighted by atomic mass is 32.2. The van der Waals surface area contributed by atoms with E-state index in [2.05, 4.69) is 35.4 Å². The molecule has 0 N–H and O–H groups in total. The topological polar surface area (TPSA) is 29.5 Å². The van der Waals surface area contributed by atoms with Gasteiger partial charge in [-0.2, -0.15) is 0 Å². The predicted molar refractivity (Wildman–Crippen MR) is 83.0 cm³/mol. The van der Waals surface area contributed by atoms with Crippen LogP contribution in [0.4, 0.5) is 0 Å². The van der Waals surface area contributed by atoms with Crippen molar-refractivity contribution in [2.75, 3.05) is 26.0 Å². The number of esters is 1. The molecule has 1 fully saturated rings. The molecule has 4 heteroatoms. The van der Waals surface area contributed by atoms with E-state index in [4.69, 9.17) is 4.74 Å². The van der Waals surface area contributed by atoms with E-state index in [1.54, 1.807) is 11.8 Å². The smallest absolute Gasteiger partial charge is 0.307 e. The first-order valence-corrected chi connectivity index (χ1v) is 8.50. The van der Waals surface area contributed by atoms with Crippen LogP contribution in [0.5, 0.6) is 0 Å². The molecular formula is C16H23NO2S. The zero-order valence-corrected chi connectivity index (χ0v) is 13.1. The van der Waals surface area contributed by atoms with Gasteiger partial charge in [0.1, 0.15) is 0 Å². The zero-order chi connectivity index (χ0) is 14.4. The van der Waals surface area contributed by atoms with E-state index < -0.39 is 0 Å². The lowest BCUT2D eigenvalue weighted by atomic mass is 10.0. The van der Waals surface area contributed by atoms with Gasteiger partial charge >= 0.3 is 5.97 Å². The highest BCUT2D eigenvalue weighted by molar-refractivity contribution is 7.98. The Balaban J connectivity index is 2.13. The van der Waals surface area contributed by atoms with E-state index in [1.807, 2.05) is 6.92 Å². The monoisotopic (exact) mass is 293 g/mol. The van der Waals surface area contributed by atoms with Crippen molar-refractivity contribution in [2.45, 2.75) is 37.1 Å². The van der Waals surface area contributed by atoms with Crippen LogP contribution >= 0.6 is 11.8 Å². The van der Waals surface area contributed by atoms with Crippen LogP contribution < -0.4 is 0 Å². The summed E-state index contributed by atoms with van der Waals surface area (Å²) in [5, 5.41) is 0. The number of thioether (sulfide) groups is 1. The summed E-state index contributed by atoms with van der Waals surface area (Å²) in [4.78, 5) is 15.5. The molecule has 110 valence electrons. The maximum atomic E-state index is 11.9. The minimum Gasteiger partial charge on any atom is -0.466 e. The average Bonchev–Trinajstić information content (AvgIpc) is 2.99. The fourth-order valence-corrected chi connectivity index (χ4v) is 3.12. The lowest BCUT2D eigenvalue weighted by molar-refractivity contribution is -0.144. The molecule has 1 aliphatic rings. The molecule has 0 aliphatic carbocycles. The van der Waals surface area contributed by atoms with E-state index in [-0.39, 0.29) is 12.0 Å². The largest absolute Gasteiger partial charge is 0.466 e. The third-order valence-corrected chi connectivity index (χ3v) is 4.49. The molecule has 0 aromatic heterocycles. The van der Waals surface area contributed by atoms with Crippen LogP contribution in [0.15, 0.2) is 29.2 Å². The minimum atomic E-state index is -0.0988. The lowest BCUT2D eigenvalue weighted by Crippen LogP contribution is -2.28. The summed E-state index contributed by atoms with van der Waals surface area (Å²) in [6, 6.07) is 8.72. The van der Waals surface area contributed by atoms with Crippen LogP contribution in [-0.4, -0.2) is 36.8 Å². The lowest BCUT2D eigenvalue weighted by Gasteiger charge is -2.27. The first-order valence-electron chi connectivity index (χ1n) is 7.28. The summed E-state index contributed by atoms with van der Waals surface area (Å²) in [6.07, 6.45) is 4.97. The Kier molecular flexibility index (Phi) is 5.92. The maximum absolute atomic E-state index is 11.9. The van der Waals surface area contributed by atoms with Gasteiger partial charge in [-0.1, -0.05) is 12.1 Å². The summed E-state index contributed by atoms with van der Waals surface area (Å²) in [7, 11) is 0. The SMILES string of the molecule is CCOC(=O)CC(c1ccc(SC)cc1)N1CCCC1. The van der Waals surface area contributed by atoms with Crippen molar-refractivity contribution in [3.05, 3.63) is 29.8 Å². The van der Waals surface area contributed by atoms with Crippen molar-refractivity contribution in [2.24, 2.45) is 0 Å². The van der Waals surface area contributed by atoms with Gasteiger partial charge in [-0.05, 0) is 56.8 Å². The number of benzene rings is 1. The molecule has 1 aliphatic heterocycles. The van der Waals surface area contributed by atoms with Crippen molar-refractivity contribution >= 4 is 17.7 Å². The van der Waals surface area contributed by atoms with Crippen LogP contribution in [0.2, 0.25) is 0 Å². The molecule has 0 amide bonds. The number of carbonyl (C=O) groups excluding carboxylic acids is 1. The molecular weight excluding hydrogens is 270 g/mol. The van der Waals surface area contributed by atoms with Gasteiger partial charge in [-0.3, -0.25) is 9.69 Å². The first kappa shape index (κ1) is 15.4. The Bertz CT molecular complexity index is 427. The Morgan fingerprint density at radius 2 is 1.95 bits per heavy atom. The maximum Gasteiger partial charge on any atom is 0.307 e. The number of hydrogen-bond donors (Lipinski definition) is 0. The summed E-state index contributed by atoms with van der Waals surface area (Å²) >= 11 is 1.74. The van der Waals surface area contributed by atoms with Crippen molar-refractivity contribution < 1.29 is 9.53 Å². The van der Waals surface area contributed by atoms with Gasteiger partial charge in [0.25, 0.3) is 0 Å². The number of likely N-dealkylation sites (tertiary alicyclic amines) is 1. The van der Waals surface area contributed by atoms with Gasteiger partial charge < -0.3 is 4.74 Å². The third kappa shape index (κ3) is 4.00. The molecule has 1 atom stereocenters. The Morgan fingerprint density at radius 3 is 2.50 bits per heavy atom. The third-order valence-electron chi connectivity index (χ3n) is 3.75. The minimum absolute atomic E-state index is 0.0988. The van der Waals surface area contributed by atoms with E-state index in [1.165, 1.54) is 23.3 Å². The highest BCUT2D eigenvalue weighted by Crippen LogP contribution is 2.29. The molecule has 3 nitrogen and oxygen atoms in total. The summed E-state index contributed by atoms with van der Waals surface area (Å²) < 4.78 is 5.13. The Morgan fingerprint density at radius 1 is 1.30 bits per heavy atom. The molecule has 0 saturated carbocycles. The standard InChI is InChI=1S/C16H23NO2S/c1-3-19-16(18)12-15(17-10-4-5-11-17)13-6-8-14(20-2)9-7-13/h6-9,15H,3-5,10-12H2,1-2H3. The quantitative estimate of drug-likeness (QED) is 0.593. The van der Waals surface area contributed by atoms with Crippen LogP contribution in [0, 0.1) is 0 Å². The molecule has 2 rings (SSSR count). The van der Waals surface area contributed by atoms with Crippen LogP contribution in [-0.2, 0) is 9.53 Å². The van der Waals surface area contributed by atoms with Crippen molar-refractivity contribution in [1.29, 1.82) is 0 Å². The van der Waals surface area contributed by atoms with Crippen molar-refractivity contribution in [3.63, 3.8) is 0 Å². The van der Waals surface area contributed by atoms with E-state index in [9.17, 15) is 4.79 Å². The summed E-state index contributed by atoms with van der Waals surface area (Å²) in [6.45, 7) is 4.47. The number of ether oxygens (including phenoxy) is 1. The number of carbonyl (C=O) groups is 1. The van der Waals surface area contributed by atoms with Gasteiger partial charge in [0, 0.05) is 10.9 Å². The van der Waals surface area contributed by atoms with E-state index >= 15 is 0 Å². The van der Waals surface area contributed by atoms with E-state index in [0.717, 1.165) is 13.1 Å². The molecule has 0 radical (unpaired) electrons. The second-order valence-corrected chi connectivity index (χ2v) is 5.92. The number of rotatable bonds is 6. The van der Waals surface area contributed by atoms with Crippen molar-refractivity contribution in [3.8, 4) is 0 Å². The first-order chi connectivity index (χ1) is 9.74. The molecule has 0 spiro atoms. The molecule has 1 aromatic rings. The van der Waals surface area contributed by atoms with Crippen molar-refractivity contribution in [1.82, 2.24) is 4.90 Å². The van der Waals surface area contributed by atoms with Crippen LogP contribution in [0.3, 0.4) is 0 Å². The Hall–Kier alpha value is -1.00. The average molecular weight is 293 g/mol. The number of nitrogens with zero attached hydrogens (tertiary/aromatic N) is 1. The molecule has 0 bridgehead atoms. The summed E-state index contributed by atoms with van der Waals surface area (Å²) in [5.74, 6) is -0.0988. The van der Waals surface area contributed by atoms with Gasteiger partial charge in [0.05, 0.1) is 13.0 Å². The zero-order valence-electron chi connectivity index (χ0n) is 12.3. The van der Waals surface area contributed by atoms with E-state index in [0.29, 0.717) is 13.0 Å². The van der Waals surface area contributed by atoms with Gasteiger partial charge in [-0.25, -0.2) is 0 Å². The molecule has 1 unspecified atom stereocenters. The number of hydrogen-bond acceptors (Lipinski definition) is 4. The van der Waals surface area contributed by atoms with Gasteiger partial charge in [-0.15, -0.1) is 11.8 Å². The van der Waals surface area contributed by atoms with Crippen LogP contribution in [0.1, 0.15) is 37.8 Å². The van der Waals surface area contributed by atoms with Gasteiger partial charge in [0.2, 0.25) is 0 Å². The highest BCUT2D eigenvalue weighted by Gasteiger charge is 2.26. The molecule has 1 saturated heterocycles. The molecule has 20 heavy (non-hydrogen) atoms. The summed E-state index contributed by atoms with van der Waals surface area (Å²) in [5.41, 5.74) is 1.22. The Labute approximate surface area is 125 Å². The fraction of sp³-hybridized carbons (Fsp3) is 0.562. The van der Waals surface area contributed by atoms with Crippen LogP contribution in [0.25, 0.3) is 0 Å². The van der Waals surface area contributed by atoms with Gasteiger partial charge in [0.15, 0.2) is 0 Å². The molecule has 1 aromatic carbocycles. The second kappa shape index (κ2) is 7.70. The second-order valence-electron chi connectivity index (χ2n) is 5.04. The normalized spacial score (nSPS) is 17.1. The molecule has 1 heterocycles. The fourth-order valence-electron chi connectivity index (χ4n) is 2.71.